The molecule has 0 spiro atoms. The number of hydrogen-bond acceptors (Lipinski definition) is 13. The van der Waals surface area contributed by atoms with Crippen LogP contribution in [-0.4, -0.2) is 137 Å². The van der Waals surface area contributed by atoms with E-state index >= 15 is 0 Å². The standard InChI is InChI=1S/C40H77N13O9/c1-3-4-12-29(17-18-34(55)47-23-24-61-25-26-62-27-35(56)51-30(36(44)57)13-5-8-19-41)50-37(58)32(14-6-9-20-42)52-39(60)33(15-7-10-21-43)53-38(59)31(49-28(2)54)16-11-22-48-40(45)46/h17-18,29-33H,3-16,19-27,41-43H2,1-2H3,(H2,44,57)(H,47,55)(H,49,54)(H,50,58)(H,51,56)(H,52,60)(H,53,59)(H4,45,46,48)/b18-17+/t29-,30-,31-,32-,33-/m0/s1. The number of nitrogens with one attached hydrogen (secondary N) is 6. The molecule has 5 atom stereocenters. The van der Waals surface area contributed by atoms with Crippen LogP contribution >= 0.6 is 0 Å². The van der Waals surface area contributed by atoms with Gasteiger partial charge in [-0.25, -0.2) is 0 Å². The molecule has 62 heavy (non-hydrogen) atoms. The zero-order valence-corrected chi connectivity index (χ0v) is 36.9. The van der Waals surface area contributed by atoms with Gasteiger partial charge in [0.1, 0.15) is 30.8 Å². The van der Waals surface area contributed by atoms with E-state index in [2.05, 4.69) is 36.9 Å². The molecule has 0 aromatic rings. The fourth-order valence-electron chi connectivity index (χ4n) is 5.92. The molecule has 0 radical (unpaired) electrons. The van der Waals surface area contributed by atoms with Gasteiger partial charge < -0.3 is 75.8 Å². The number of carbonyl (C=O) groups excluding carboxylic acids is 7. The smallest absolute Gasteiger partial charge is 0.246 e. The lowest BCUT2D eigenvalue weighted by Crippen LogP contribution is -2.57. The number of nitrogens with zero attached hydrogens (tertiary/aromatic N) is 1. The molecule has 0 aliphatic rings. The number of hydrogen-bond donors (Lipinski definition) is 12. The lowest BCUT2D eigenvalue weighted by atomic mass is 10.0. The molecule has 0 aromatic carbocycles. The molecule has 0 rings (SSSR count). The summed E-state index contributed by atoms with van der Waals surface area (Å²) in [6, 6.07) is -4.30. The molecule has 22 heteroatoms. The molecule has 0 aliphatic carbocycles. The highest BCUT2D eigenvalue weighted by atomic mass is 16.5. The van der Waals surface area contributed by atoms with E-state index in [-0.39, 0.29) is 64.7 Å². The molecule has 18 N–H and O–H groups in total. The summed E-state index contributed by atoms with van der Waals surface area (Å²) in [5, 5.41) is 16.4. The van der Waals surface area contributed by atoms with Gasteiger partial charge in [-0.15, -0.1) is 0 Å². The molecule has 0 aliphatic heterocycles. The Morgan fingerprint density at radius 3 is 1.63 bits per heavy atom. The second kappa shape index (κ2) is 36.7. The second-order valence-electron chi connectivity index (χ2n) is 14.8. The number of nitrogens with two attached hydrogens (primary N) is 6. The molecule has 0 saturated heterocycles. The van der Waals surface area contributed by atoms with Gasteiger partial charge in [0.2, 0.25) is 41.4 Å². The summed E-state index contributed by atoms with van der Waals surface area (Å²) in [7, 11) is 0. The summed E-state index contributed by atoms with van der Waals surface area (Å²) in [6.07, 6.45) is 10.1. The average Bonchev–Trinajstić information content (AvgIpc) is 3.22. The van der Waals surface area contributed by atoms with E-state index in [0.717, 1.165) is 12.8 Å². The van der Waals surface area contributed by atoms with Crippen molar-refractivity contribution >= 4 is 47.3 Å². The van der Waals surface area contributed by atoms with Crippen LogP contribution in [0.25, 0.3) is 0 Å². The maximum absolute atomic E-state index is 13.8. The molecule has 356 valence electrons. The van der Waals surface area contributed by atoms with Crippen molar-refractivity contribution in [2.45, 2.75) is 134 Å². The number of primary amides is 1. The monoisotopic (exact) mass is 884 g/mol. The predicted octanol–water partition coefficient (Wildman–Crippen LogP) is -2.75. The number of ether oxygens (including phenoxy) is 2. The lowest BCUT2D eigenvalue weighted by molar-refractivity contribution is -0.134. The van der Waals surface area contributed by atoms with E-state index in [4.69, 9.17) is 43.9 Å². The molecule has 0 bridgehead atoms. The van der Waals surface area contributed by atoms with Crippen LogP contribution < -0.4 is 66.3 Å². The first-order valence-corrected chi connectivity index (χ1v) is 21.7. The average molecular weight is 884 g/mol. The highest BCUT2D eigenvalue weighted by molar-refractivity contribution is 5.94. The van der Waals surface area contributed by atoms with Crippen LogP contribution in [0.3, 0.4) is 0 Å². The Labute approximate surface area is 366 Å². The molecule has 0 saturated carbocycles. The number of rotatable bonds is 38. The first-order valence-electron chi connectivity index (χ1n) is 21.7. The van der Waals surface area contributed by atoms with Gasteiger partial charge in [-0.1, -0.05) is 25.8 Å². The van der Waals surface area contributed by atoms with E-state index < -0.39 is 71.6 Å². The van der Waals surface area contributed by atoms with Crippen LogP contribution in [0.2, 0.25) is 0 Å². The van der Waals surface area contributed by atoms with Gasteiger partial charge in [-0.05, 0) is 96.7 Å². The van der Waals surface area contributed by atoms with Crippen LogP contribution in [0, 0.1) is 0 Å². The van der Waals surface area contributed by atoms with Crippen LogP contribution in [0.4, 0.5) is 0 Å². The Morgan fingerprint density at radius 2 is 1.11 bits per heavy atom. The van der Waals surface area contributed by atoms with Crippen LogP contribution in [0.5, 0.6) is 0 Å². The molecule has 0 fully saturated rings. The first-order chi connectivity index (χ1) is 29.7. The molecule has 0 unspecified atom stereocenters. The third-order valence-corrected chi connectivity index (χ3v) is 9.25. The number of guanidine groups is 1. The minimum Gasteiger partial charge on any atom is -0.377 e. The van der Waals surface area contributed by atoms with Gasteiger partial charge >= 0.3 is 0 Å². The summed E-state index contributed by atoms with van der Waals surface area (Å²) in [4.78, 5) is 93.1. The summed E-state index contributed by atoms with van der Waals surface area (Å²) in [6.45, 7) is 5.09. The Morgan fingerprint density at radius 1 is 0.597 bits per heavy atom. The summed E-state index contributed by atoms with van der Waals surface area (Å²) >= 11 is 0. The van der Waals surface area contributed by atoms with E-state index in [1.54, 1.807) is 6.08 Å². The fourth-order valence-corrected chi connectivity index (χ4v) is 5.92. The fraction of sp³-hybridized carbons (Fsp3) is 0.750. The highest BCUT2D eigenvalue weighted by Gasteiger charge is 2.29. The van der Waals surface area contributed by atoms with Crippen molar-refractivity contribution in [2.24, 2.45) is 39.4 Å². The van der Waals surface area contributed by atoms with Crippen molar-refractivity contribution in [2.75, 3.05) is 59.2 Å². The largest absolute Gasteiger partial charge is 0.377 e. The van der Waals surface area contributed by atoms with Gasteiger partial charge in [0, 0.05) is 32.1 Å². The van der Waals surface area contributed by atoms with E-state index in [1.807, 2.05) is 6.92 Å². The molecule has 7 amide bonds. The van der Waals surface area contributed by atoms with Crippen molar-refractivity contribution in [3.8, 4) is 0 Å². The summed E-state index contributed by atoms with van der Waals surface area (Å²) < 4.78 is 10.8. The maximum Gasteiger partial charge on any atom is 0.246 e. The lowest BCUT2D eigenvalue weighted by Gasteiger charge is -2.26. The Bertz CT molecular complexity index is 1380. The van der Waals surface area contributed by atoms with Gasteiger partial charge in [0.15, 0.2) is 5.96 Å². The molecule has 22 nitrogen and oxygen atoms in total. The maximum atomic E-state index is 13.8. The number of unbranched alkanes of at least 4 members (excludes halogenated alkanes) is 4. The SMILES string of the molecule is CCCC[C@@H](/C=C/C(=O)NCCOCCOCC(=O)N[C@@H](CCCCN)C(N)=O)NC(=O)[C@H](CCCCN)NC(=O)[C@H](CCCCN)NC(=O)[C@H](CCCN=C(N)N)NC(C)=O. The van der Waals surface area contributed by atoms with Crippen molar-refractivity contribution < 1.29 is 43.0 Å². The predicted molar refractivity (Wildman–Crippen MR) is 236 cm³/mol. The zero-order valence-electron chi connectivity index (χ0n) is 36.9. The summed E-state index contributed by atoms with van der Waals surface area (Å²) in [5.74, 6) is -3.67. The van der Waals surface area contributed by atoms with Crippen LogP contribution in [0.15, 0.2) is 17.1 Å². The first kappa shape index (κ1) is 57.1. The zero-order chi connectivity index (χ0) is 46.5. The van der Waals surface area contributed by atoms with E-state index in [0.29, 0.717) is 77.4 Å². The second-order valence-corrected chi connectivity index (χ2v) is 14.8. The minimum absolute atomic E-state index is 0.0985. The number of amides is 7. The summed E-state index contributed by atoms with van der Waals surface area (Å²) in [5.41, 5.74) is 33.0. The topological polar surface area (TPSA) is 379 Å². The van der Waals surface area contributed by atoms with Gasteiger partial charge in [0.25, 0.3) is 0 Å². The van der Waals surface area contributed by atoms with E-state index in [9.17, 15) is 33.6 Å². The third kappa shape index (κ3) is 30.2. The van der Waals surface area contributed by atoms with Crippen molar-refractivity contribution in [3.63, 3.8) is 0 Å². The van der Waals surface area contributed by atoms with E-state index in [1.165, 1.54) is 13.0 Å². The Kier molecular flexibility index (Phi) is 33.8. The minimum atomic E-state index is -1.03. The van der Waals surface area contributed by atoms with Crippen LogP contribution in [-0.2, 0) is 43.0 Å². The van der Waals surface area contributed by atoms with Gasteiger partial charge in [-0.3, -0.25) is 38.6 Å². The number of carbonyl (C=O) groups is 7. The molecule has 0 aromatic heterocycles. The van der Waals surface area contributed by atoms with Gasteiger partial charge in [0.05, 0.1) is 19.8 Å². The Balaban J connectivity index is 5.41. The van der Waals surface area contributed by atoms with Crippen LogP contribution in [0.1, 0.15) is 104 Å². The number of aliphatic imine (C=N–C) groups is 1. The third-order valence-electron chi connectivity index (χ3n) is 9.25. The van der Waals surface area contributed by atoms with Gasteiger partial charge in [-0.2, -0.15) is 0 Å². The van der Waals surface area contributed by atoms with Crippen molar-refractivity contribution in [1.82, 2.24) is 31.9 Å². The van der Waals surface area contributed by atoms with Crippen molar-refractivity contribution in [1.29, 1.82) is 0 Å². The molecular formula is C40H77N13O9. The molecular weight excluding hydrogens is 807 g/mol. The van der Waals surface area contributed by atoms with Crippen molar-refractivity contribution in [3.05, 3.63) is 12.2 Å². The molecule has 0 heterocycles. The quantitative estimate of drug-likeness (QED) is 0.0130. The normalized spacial score (nSPS) is 13.5. The highest BCUT2D eigenvalue weighted by Crippen LogP contribution is 2.09. The Hall–Kier alpha value is -4.90.